The summed E-state index contributed by atoms with van der Waals surface area (Å²) in [5.74, 6) is -0.549. The van der Waals surface area contributed by atoms with Gasteiger partial charge in [-0.2, -0.15) is 0 Å². The normalized spacial score (nSPS) is 16.7. The van der Waals surface area contributed by atoms with Crippen molar-refractivity contribution in [2.45, 2.75) is 50.0 Å². The molecule has 0 spiro atoms. The third-order valence-corrected chi connectivity index (χ3v) is 4.93. The highest BCUT2D eigenvalue weighted by Crippen LogP contribution is 2.26. The van der Waals surface area contributed by atoms with Crippen LogP contribution in [-0.4, -0.2) is 20.5 Å². The largest absolute Gasteiger partial charge is 0.459 e. The van der Waals surface area contributed by atoms with Gasteiger partial charge in [-0.25, -0.2) is 18.4 Å². The average Bonchev–Trinajstić information content (AvgIpc) is 2.40. The van der Waals surface area contributed by atoms with Crippen LogP contribution in [0.15, 0.2) is 17.0 Å². The van der Waals surface area contributed by atoms with Crippen molar-refractivity contribution in [1.82, 2.24) is 0 Å². The van der Waals surface area contributed by atoms with Gasteiger partial charge < -0.3 is 4.74 Å². The van der Waals surface area contributed by atoms with Crippen LogP contribution in [0, 0.1) is 6.92 Å². The zero-order valence-corrected chi connectivity index (χ0v) is 13.3. The van der Waals surface area contributed by atoms with Gasteiger partial charge in [0, 0.05) is 5.02 Å². The van der Waals surface area contributed by atoms with E-state index in [0.717, 1.165) is 32.1 Å². The Balaban J connectivity index is 2.30. The van der Waals surface area contributed by atoms with Crippen LogP contribution in [0.3, 0.4) is 0 Å². The van der Waals surface area contributed by atoms with Gasteiger partial charge >= 0.3 is 5.97 Å². The molecule has 1 fully saturated rings. The highest BCUT2D eigenvalue weighted by Gasteiger charge is 2.23. The van der Waals surface area contributed by atoms with Crippen molar-refractivity contribution in [3.63, 3.8) is 0 Å². The molecule has 0 bridgehead atoms. The molecule has 1 aliphatic rings. The maximum absolute atomic E-state index is 12.2. The van der Waals surface area contributed by atoms with E-state index in [9.17, 15) is 13.2 Å². The minimum Gasteiger partial charge on any atom is -0.459 e. The molecule has 1 aromatic carbocycles. The van der Waals surface area contributed by atoms with Crippen LogP contribution in [-0.2, 0) is 14.8 Å². The van der Waals surface area contributed by atoms with E-state index in [1.165, 1.54) is 19.1 Å². The fourth-order valence-electron chi connectivity index (χ4n) is 2.56. The first-order valence-electron chi connectivity index (χ1n) is 6.83. The van der Waals surface area contributed by atoms with E-state index >= 15 is 0 Å². The Kier molecular flexibility index (Phi) is 4.91. The molecule has 0 unspecified atom stereocenters. The van der Waals surface area contributed by atoms with Crippen LogP contribution < -0.4 is 5.14 Å². The first kappa shape index (κ1) is 16.3. The van der Waals surface area contributed by atoms with E-state index in [4.69, 9.17) is 21.5 Å². The number of ether oxygens (including phenoxy) is 1. The number of rotatable bonds is 3. The first-order chi connectivity index (χ1) is 9.79. The van der Waals surface area contributed by atoms with Gasteiger partial charge in [-0.05, 0) is 50.3 Å². The summed E-state index contributed by atoms with van der Waals surface area (Å²) in [4.78, 5) is 12.1. The number of hydrogen-bond donors (Lipinski definition) is 1. The number of halogens is 1. The van der Waals surface area contributed by atoms with Crippen LogP contribution in [0.25, 0.3) is 0 Å². The summed E-state index contributed by atoms with van der Waals surface area (Å²) in [6.45, 7) is 1.52. The molecule has 1 aliphatic carbocycles. The minimum atomic E-state index is -3.94. The summed E-state index contributed by atoms with van der Waals surface area (Å²) in [5.41, 5.74) is 0.416. The fourth-order valence-corrected chi connectivity index (χ4v) is 3.67. The van der Waals surface area contributed by atoms with E-state index in [2.05, 4.69) is 0 Å². The first-order valence-corrected chi connectivity index (χ1v) is 8.75. The van der Waals surface area contributed by atoms with Crippen molar-refractivity contribution < 1.29 is 17.9 Å². The monoisotopic (exact) mass is 331 g/mol. The second kappa shape index (κ2) is 6.34. The Morgan fingerprint density at radius 3 is 2.48 bits per heavy atom. The molecule has 0 aliphatic heterocycles. The van der Waals surface area contributed by atoms with Crippen molar-refractivity contribution in [2.75, 3.05) is 0 Å². The predicted octanol–water partition coefficient (Wildman–Crippen LogP) is 2.79. The molecule has 2 N–H and O–H groups in total. The summed E-state index contributed by atoms with van der Waals surface area (Å²) >= 11 is 5.89. The summed E-state index contributed by atoms with van der Waals surface area (Å²) in [6, 6.07) is 2.65. The summed E-state index contributed by atoms with van der Waals surface area (Å²) in [6.07, 6.45) is 4.80. The number of sulfonamides is 1. The highest BCUT2D eigenvalue weighted by atomic mass is 35.5. The number of hydrogen-bond acceptors (Lipinski definition) is 4. The second-order valence-corrected chi connectivity index (χ2v) is 7.25. The van der Waals surface area contributed by atoms with E-state index in [-0.39, 0.29) is 27.1 Å². The van der Waals surface area contributed by atoms with E-state index in [1.807, 2.05) is 0 Å². The molecule has 0 saturated heterocycles. The molecule has 0 aromatic heterocycles. The van der Waals surface area contributed by atoms with Gasteiger partial charge in [-0.3, -0.25) is 0 Å². The summed E-state index contributed by atoms with van der Waals surface area (Å²) in [5, 5.41) is 5.28. The Hall–Kier alpha value is -1.11. The lowest BCUT2D eigenvalue weighted by Crippen LogP contribution is -2.22. The van der Waals surface area contributed by atoms with Crippen LogP contribution in [0.4, 0.5) is 0 Å². The van der Waals surface area contributed by atoms with Gasteiger partial charge in [-0.1, -0.05) is 18.0 Å². The van der Waals surface area contributed by atoms with Crippen molar-refractivity contribution in [1.29, 1.82) is 0 Å². The molecule has 0 radical (unpaired) electrons. The van der Waals surface area contributed by atoms with Gasteiger partial charge in [0.25, 0.3) is 0 Å². The number of carbonyl (C=O) groups is 1. The fraction of sp³-hybridized carbons (Fsp3) is 0.500. The van der Waals surface area contributed by atoms with Crippen molar-refractivity contribution in [3.8, 4) is 0 Å². The van der Waals surface area contributed by atoms with Crippen molar-refractivity contribution in [2.24, 2.45) is 5.14 Å². The third-order valence-electron chi connectivity index (χ3n) is 3.68. The molecule has 0 heterocycles. The van der Waals surface area contributed by atoms with E-state index in [0.29, 0.717) is 0 Å². The molecule has 7 heteroatoms. The second-order valence-electron chi connectivity index (χ2n) is 5.29. The van der Waals surface area contributed by atoms with Gasteiger partial charge in [0.15, 0.2) is 0 Å². The number of benzene rings is 1. The third kappa shape index (κ3) is 3.96. The lowest BCUT2D eigenvalue weighted by molar-refractivity contribution is 0.0210. The lowest BCUT2D eigenvalue weighted by Gasteiger charge is -2.22. The maximum atomic E-state index is 12.2. The quantitative estimate of drug-likeness (QED) is 0.863. The number of nitrogens with two attached hydrogens (primary N) is 1. The Labute approximate surface area is 129 Å². The minimum absolute atomic E-state index is 0.109. The van der Waals surface area contributed by atoms with Gasteiger partial charge in [-0.15, -0.1) is 0 Å². The molecule has 2 rings (SSSR count). The molecule has 0 amide bonds. The molecule has 116 valence electrons. The van der Waals surface area contributed by atoms with Crippen molar-refractivity contribution >= 4 is 27.6 Å². The van der Waals surface area contributed by atoms with E-state index < -0.39 is 16.0 Å². The Morgan fingerprint density at radius 2 is 1.90 bits per heavy atom. The van der Waals surface area contributed by atoms with Crippen LogP contribution in [0.1, 0.15) is 48.0 Å². The Bertz CT molecular complexity index is 651. The number of carbonyl (C=O) groups excluding carboxylic acids is 1. The predicted molar refractivity (Wildman–Crippen MR) is 79.9 cm³/mol. The molecule has 5 nitrogen and oxygen atoms in total. The van der Waals surface area contributed by atoms with Gasteiger partial charge in [0.1, 0.15) is 6.10 Å². The van der Waals surface area contributed by atoms with Crippen LogP contribution in [0.2, 0.25) is 5.02 Å². The Morgan fingerprint density at radius 1 is 1.29 bits per heavy atom. The van der Waals surface area contributed by atoms with Crippen LogP contribution in [0.5, 0.6) is 0 Å². The molecule has 21 heavy (non-hydrogen) atoms. The zero-order valence-electron chi connectivity index (χ0n) is 11.8. The van der Waals surface area contributed by atoms with Crippen molar-refractivity contribution in [3.05, 3.63) is 28.3 Å². The molecular formula is C14H18ClNO4S. The molecule has 1 saturated carbocycles. The molecular weight excluding hydrogens is 314 g/mol. The zero-order chi connectivity index (χ0) is 15.6. The summed E-state index contributed by atoms with van der Waals surface area (Å²) < 4.78 is 28.5. The topological polar surface area (TPSA) is 86.5 Å². The van der Waals surface area contributed by atoms with E-state index in [1.54, 1.807) is 0 Å². The average molecular weight is 332 g/mol. The standard InChI is InChI=1S/C14H18ClNO4S/c1-9-12(7-10(15)8-13(9)21(16,18)19)14(17)20-11-5-3-2-4-6-11/h7-8,11H,2-6H2,1H3,(H2,16,18,19). The molecule has 1 aromatic rings. The smallest absolute Gasteiger partial charge is 0.338 e. The summed E-state index contributed by atoms with van der Waals surface area (Å²) in [7, 11) is -3.94. The van der Waals surface area contributed by atoms with Gasteiger partial charge in [0.2, 0.25) is 10.0 Å². The maximum Gasteiger partial charge on any atom is 0.338 e. The number of esters is 1. The van der Waals surface area contributed by atoms with Gasteiger partial charge in [0.05, 0.1) is 10.5 Å². The number of primary sulfonamides is 1. The molecule has 0 atom stereocenters. The SMILES string of the molecule is Cc1c(C(=O)OC2CCCCC2)cc(Cl)cc1S(N)(=O)=O. The lowest BCUT2D eigenvalue weighted by atomic mass is 9.97. The highest BCUT2D eigenvalue weighted by molar-refractivity contribution is 7.89. The van der Waals surface area contributed by atoms with Crippen LogP contribution >= 0.6 is 11.6 Å².